The van der Waals surface area contributed by atoms with E-state index in [1.165, 1.54) is 0 Å². The van der Waals surface area contributed by atoms with Crippen molar-refractivity contribution >= 4 is 27.5 Å². The van der Waals surface area contributed by atoms with Gasteiger partial charge in [0.1, 0.15) is 0 Å². The summed E-state index contributed by atoms with van der Waals surface area (Å²) in [6.07, 6.45) is 4.78. The van der Waals surface area contributed by atoms with E-state index in [9.17, 15) is 0 Å². The monoisotopic (exact) mass is 327 g/mol. The number of hydrogen-bond donors (Lipinski definition) is 1. The lowest BCUT2D eigenvalue weighted by molar-refractivity contribution is 0.675. The maximum Gasteiger partial charge on any atom is 0.0661 e. The van der Waals surface area contributed by atoms with E-state index in [0.717, 1.165) is 40.3 Å². The number of nitrogens with one attached hydrogen (secondary N) is 1. The maximum atomic E-state index is 6.27. The van der Waals surface area contributed by atoms with Crippen molar-refractivity contribution in [2.75, 3.05) is 6.54 Å². The predicted octanol–water partition coefficient (Wildman–Crippen LogP) is 3.79. The zero-order valence-electron chi connectivity index (χ0n) is 10.2. The van der Waals surface area contributed by atoms with Crippen molar-refractivity contribution in [3.05, 3.63) is 45.7 Å². The van der Waals surface area contributed by atoms with Crippen molar-refractivity contribution < 1.29 is 0 Å². The summed E-state index contributed by atoms with van der Waals surface area (Å²) in [6, 6.07) is 5.99. The third-order valence-electron chi connectivity index (χ3n) is 2.59. The molecular weight excluding hydrogens is 314 g/mol. The van der Waals surface area contributed by atoms with Crippen molar-refractivity contribution in [3.63, 3.8) is 0 Å². The first-order chi connectivity index (χ1) is 8.70. The number of benzene rings is 1. The third kappa shape index (κ3) is 3.34. The average molecular weight is 329 g/mol. The minimum absolute atomic E-state index is 0.766. The Hall–Kier alpha value is -0.840. The van der Waals surface area contributed by atoms with Gasteiger partial charge in [0.25, 0.3) is 0 Å². The van der Waals surface area contributed by atoms with Gasteiger partial charge in [0, 0.05) is 17.8 Å². The van der Waals surface area contributed by atoms with Crippen LogP contribution >= 0.6 is 27.5 Å². The number of hydrogen-bond acceptors (Lipinski definition) is 2. The van der Waals surface area contributed by atoms with Crippen LogP contribution in [0.25, 0.3) is 5.69 Å². The van der Waals surface area contributed by atoms with Gasteiger partial charge in [-0.3, -0.25) is 0 Å². The van der Waals surface area contributed by atoms with Gasteiger partial charge < -0.3 is 5.32 Å². The fourth-order valence-corrected chi connectivity index (χ4v) is 2.19. The molecule has 0 fully saturated rings. The summed E-state index contributed by atoms with van der Waals surface area (Å²) < 4.78 is 2.74. The maximum absolute atomic E-state index is 6.27. The van der Waals surface area contributed by atoms with Crippen LogP contribution in [0.4, 0.5) is 0 Å². The summed E-state index contributed by atoms with van der Waals surface area (Å²) in [5.41, 5.74) is 2.07. The van der Waals surface area contributed by atoms with Crippen LogP contribution in [0.15, 0.2) is 35.1 Å². The van der Waals surface area contributed by atoms with E-state index >= 15 is 0 Å². The largest absolute Gasteiger partial charge is 0.313 e. The van der Waals surface area contributed by atoms with E-state index in [1.54, 1.807) is 10.9 Å². The molecule has 0 saturated carbocycles. The Morgan fingerprint density at radius 3 is 2.89 bits per heavy atom. The fourth-order valence-electron chi connectivity index (χ4n) is 1.66. The molecule has 0 spiro atoms. The molecule has 0 radical (unpaired) electrons. The zero-order chi connectivity index (χ0) is 13.0. The van der Waals surface area contributed by atoms with Crippen LogP contribution in [0.1, 0.15) is 18.9 Å². The molecule has 0 aliphatic rings. The SMILES string of the molecule is CCCNCc1ccc(-n2cc(Br)cn2)cc1Cl. The van der Waals surface area contributed by atoms with Crippen molar-refractivity contribution in [3.8, 4) is 5.69 Å². The molecule has 0 bridgehead atoms. The van der Waals surface area contributed by atoms with Gasteiger partial charge in [0.15, 0.2) is 0 Å². The van der Waals surface area contributed by atoms with Crippen molar-refractivity contribution in [1.29, 1.82) is 0 Å². The van der Waals surface area contributed by atoms with E-state index in [-0.39, 0.29) is 0 Å². The van der Waals surface area contributed by atoms with Gasteiger partial charge in [-0.05, 0) is 46.6 Å². The van der Waals surface area contributed by atoms with Gasteiger partial charge in [-0.2, -0.15) is 5.10 Å². The second-order valence-corrected chi connectivity index (χ2v) is 5.38. The molecule has 0 saturated heterocycles. The smallest absolute Gasteiger partial charge is 0.0661 e. The van der Waals surface area contributed by atoms with Crippen LogP contribution in [-0.4, -0.2) is 16.3 Å². The van der Waals surface area contributed by atoms with Crippen LogP contribution in [0.5, 0.6) is 0 Å². The van der Waals surface area contributed by atoms with Gasteiger partial charge in [-0.25, -0.2) is 4.68 Å². The first-order valence-electron chi connectivity index (χ1n) is 5.90. The Labute approximate surface area is 120 Å². The molecule has 0 aliphatic carbocycles. The van der Waals surface area contributed by atoms with Gasteiger partial charge in [-0.1, -0.05) is 24.6 Å². The number of rotatable bonds is 5. The predicted molar refractivity (Wildman–Crippen MR) is 78.3 cm³/mol. The molecule has 5 heteroatoms. The fraction of sp³-hybridized carbons (Fsp3) is 0.308. The second kappa shape index (κ2) is 6.36. The Morgan fingerprint density at radius 2 is 2.28 bits per heavy atom. The Balaban J connectivity index is 2.14. The lowest BCUT2D eigenvalue weighted by Crippen LogP contribution is -2.14. The van der Waals surface area contributed by atoms with Gasteiger partial charge in [-0.15, -0.1) is 0 Å². The molecule has 18 heavy (non-hydrogen) atoms. The highest BCUT2D eigenvalue weighted by atomic mass is 79.9. The lowest BCUT2D eigenvalue weighted by atomic mass is 10.2. The van der Waals surface area contributed by atoms with Gasteiger partial charge in [0.05, 0.1) is 16.4 Å². The normalized spacial score (nSPS) is 10.8. The van der Waals surface area contributed by atoms with Crippen LogP contribution in [-0.2, 0) is 6.54 Å². The molecule has 0 aliphatic heterocycles. The second-order valence-electron chi connectivity index (χ2n) is 4.06. The summed E-state index contributed by atoms with van der Waals surface area (Å²) >= 11 is 9.65. The summed E-state index contributed by atoms with van der Waals surface area (Å²) in [6.45, 7) is 3.95. The Bertz CT molecular complexity index is 525. The molecule has 0 amide bonds. The standard InChI is InChI=1S/C13H15BrClN3/c1-2-5-16-7-10-3-4-12(6-13(10)15)18-9-11(14)8-17-18/h3-4,6,8-9,16H,2,5,7H2,1H3. The summed E-state index contributed by atoms with van der Waals surface area (Å²) in [5.74, 6) is 0. The molecule has 1 heterocycles. The molecule has 0 unspecified atom stereocenters. The molecule has 3 nitrogen and oxygen atoms in total. The molecule has 1 N–H and O–H groups in total. The van der Waals surface area contributed by atoms with Crippen LogP contribution in [0, 0.1) is 0 Å². The number of halogens is 2. The highest BCUT2D eigenvalue weighted by Gasteiger charge is 2.04. The summed E-state index contributed by atoms with van der Waals surface area (Å²) in [5, 5.41) is 8.34. The van der Waals surface area contributed by atoms with Crippen LogP contribution < -0.4 is 5.32 Å². The zero-order valence-corrected chi connectivity index (χ0v) is 12.5. The van der Waals surface area contributed by atoms with Crippen molar-refractivity contribution in [2.45, 2.75) is 19.9 Å². The van der Waals surface area contributed by atoms with Crippen LogP contribution in [0.2, 0.25) is 5.02 Å². The summed E-state index contributed by atoms with van der Waals surface area (Å²) in [7, 11) is 0. The average Bonchev–Trinajstić information content (AvgIpc) is 2.78. The van der Waals surface area contributed by atoms with E-state index in [2.05, 4.69) is 33.3 Å². The molecule has 1 aromatic heterocycles. The topological polar surface area (TPSA) is 29.9 Å². The lowest BCUT2D eigenvalue weighted by Gasteiger charge is -2.08. The van der Waals surface area contributed by atoms with E-state index in [0.29, 0.717) is 0 Å². The number of aromatic nitrogens is 2. The first-order valence-corrected chi connectivity index (χ1v) is 7.07. The third-order valence-corrected chi connectivity index (χ3v) is 3.36. The van der Waals surface area contributed by atoms with Gasteiger partial charge in [0.2, 0.25) is 0 Å². The molecular formula is C13H15BrClN3. The van der Waals surface area contributed by atoms with Crippen LogP contribution in [0.3, 0.4) is 0 Å². The Morgan fingerprint density at radius 1 is 1.44 bits per heavy atom. The van der Waals surface area contributed by atoms with E-state index < -0.39 is 0 Å². The molecule has 2 aromatic rings. The molecule has 2 rings (SSSR count). The molecule has 1 aromatic carbocycles. The van der Waals surface area contributed by atoms with E-state index in [1.807, 2.05) is 24.4 Å². The van der Waals surface area contributed by atoms with E-state index in [4.69, 9.17) is 11.6 Å². The number of nitrogens with zero attached hydrogens (tertiary/aromatic N) is 2. The van der Waals surface area contributed by atoms with Crippen molar-refractivity contribution in [2.24, 2.45) is 0 Å². The summed E-state index contributed by atoms with van der Waals surface area (Å²) in [4.78, 5) is 0. The highest BCUT2D eigenvalue weighted by Crippen LogP contribution is 2.21. The quantitative estimate of drug-likeness (QED) is 0.846. The minimum atomic E-state index is 0.766. The molecule has 0 atom stereocenters. The highest BCUT2D eigenvalue weighted by molar-refractivity contribution is 9.10. The Kier molecular flexibility index (Phi) is 4.80. The van der Waals surface area contributed by atoms with Crippen molar-refractivity contribution in [1.82, 2.24) is 15.1 Å². The minimum Gasteiger partial charge on any atom is -0.313 e. The first kappa shape index (κ1) is 13.6. The van der Waals surface area contributed by atoms with Gasteiger partial charge >= 0.3 is 0 Å². The molecule has 96 valence electrons.